The van der Waals surface area contributed by atoms with Gasteiger partial charge in [0.25, 0.3) is 0 Å². The van der Waals surface area contributed by atoms with Gasteiger partial charge in [0.1, 0.15) is 12.7 Å². The highest BCUT2D eigenvalue weighted by Crippen LogP contribution is 2.30. The van der Waals surface area contributed by atoms with E-state index in [1.165, 1.54) is 13.4 Å². The van der Waals surface area contributed by atoms with E-state index in [-0.39, 0.29) is 6.04 Å². The SMILES string of the molecule is COc1c(NN)ncnc1NC(C)c1nncn1C. The van der Waals surface area contributed by atoms with Crippen molar-refractivity contribution in [3.05, 3.63) is 18.5 Å². The van der Waals surface area contributed by atoms with Crippen LogP contribution in [0.4, 0.5) is 11.6 Å². The third-order valence-electron chi connectivity index (χ3n) is 2.63. The first-order chi connectivity index (χ1) is 9.17. The van der Waals surface area contributed by atoms with E-state index >= 15 is 0 Å². The van der Waals surface area contributed by atoms with Gasteiger partial charge in [-0.05, 0) is 6.92 Å². The van der Waals surface area contributed by atoms with Gasteiger partial charge in [0.05, 0.1) is 13.2 Å². The lowest BCUT2D eigenvalue weighted by Crippen LogP contribution is -2.16. The fourth-order valence-corrected chi connectivity index (χ4v) is 1.73. The van der Waals surface area contributed by atoms with E-state index < -0.39 is 0 Å². The Morgan fingerprint density at radius 1 is 1.37 bits per heavy atom. The third-order valence-corrected chi connectivity index (χ3v) is 2.63. The van der Waals surface area contributed by atoms with Crippen molar-refractivity contribution in [1.82, 2.24) is 24.7 Å². The summed E-state index contributed by atoms with van der Waals surface area (Å²) in [6.45, 7) is 1.95. The molecule has 0 amide bonds. The molecule has 0 aliphatic heterocycles. The molecule has 9 nitrogen and oxygen atoms in total. The molecule has 19 heavy (non-hydrogen) atoms. The monoisotopic (exact) mass is 264 g/mol. The molecular formula is C10H16N8O. The fraction of sp³-hybridized carbons (Fsp3) is 0.400. The van der Waals surface area contributed by atoms with Gasteiger partial charge in [0, 0.05) is 7.05 Å². The van der Waals surface area contributed by atoms with Crippen LogP contribution in [0.1, 0.15) is 18.8 Å². The van der Waals surface area contributed by atoms with E-state index in [4.69, 9.17) is 10.6 Å². The smallest absolute Gasteiger partial charge is 0.205 e. The Hall–Kier alpha value is -2.42. The predicted molar refractivity (Wildman–Crippen MR) is 69.4 cm³/mol. The molecule has 0 bridgehead atoms. The van der Waals surface area contributed by atoms with Crippen molar-refractivity contribution >= 4 is 11.6 Å². The molecule has 0 radical (unpaired) electrons. The number of nitrogens with two attached hydrogens (primary N) is 1. The number of aryl methyl sites for hydroxylation is 1. The number of aromatic nitrogens is 5. The van der Waals surface area contributed by atoms with E-state index in [9.17, 15) is 0 Å². The molecule has 0 spiro atoms. The van der Waals surface area contributed by atoms with Gasteiger partial charge < -0.3 is 20.0 Å². The highest BCUT2D eigenvalue weighted by Gasteiger charge is 2.16. The van der Waals surface area contributed by atoms with Gasteiger partial charge in [0.15, 0.2) is 17.5 Å². The largest absolute Gasteiger partial charge is 0.490 e. The minimum absolute atomic E-state index is 0.0954. The molecule has 0 aliphatic carbocycles. The Bertz CT molecular complexity index is 554. The van der Waals surface area contributed by atoms with Crippen LogP contribution >= 0.6 is 0 Å². The molecule has 0 fully saturated rings. The quantitative estimate of drug-likeness (QED) is 0.513. The van der Waals surface area contributed by atoms with Crippen LogP contribution in [0.3, 0.4) is 0 Å². The van der Waals surface area contributed by atoms with Crippen LogP contribution in [-0.2, 0) is 7.05 Å². The van der Waals surface area contributed by atoms with Crippen LogP contribution in [0.2, 0.25) is 0 Å². The molecule has 2 rings (SSSR count). The summed E-state index contributed by atoms with van der Waals surface area (Å²) in [4.78, 5) is 8.11. The number of ether oxygens (including phenoxy) is 1. The highest BCUT2D eigenvalue weighted by molar-refractivity contribution is 5.63. The van der Waals surface area contributed by atoms with Gasteiger partial charge in [-0.25, -0.2) is 15.8 Å². The minimum atomic E-state index is -0.0954. The van der Waals surface area contributed by atoms with Crippen LogP contribution in [-0.4, -0.2) is 31.8 Å². The molecule has 2 heterocycles. The highest BCUT2D eigenvalue weighted by atomic mass is 16.5. The number of hydrogen-bond donors (Lipinski definition) is 3. The van der Waals surface area contributed by atoms with Crippen molar-refractivity contribution in [2.75, 3.05) is 17.9 Å². The Morgan fingerprint density at radius 3 is 2.68 bits per heavy atom. The molecule has 0 aromatic carbocycles. The number of nitrogens with one attached hydrogen (secondary N) is 2. The van der Waals surface area contributed by atoms with Gasteiger partial charge in [0.2, 0.25) is 5.75 Å². The van der Waals surface area contributed by atoms with Crippen LogP contribution in [0.15, 0.2) is 12.7 Å². The van der Waals surface area contributed by atoms with E-state index in [1.807, 2.05) is 18.5 Å². The standard InChI is InChI=1S/C10H16N8O/c1-6(10-17-14-5-18(10)2)15-8-7(19-3)9(16-11)13-4-12-8/h4-6H,11H2,1-3H3,(H2,12,13,15,16). The van der Waals surface area contributed by atoms with Crippen molar-refractivity contribution in [2.45, 2.75) is 13.0 Å². The number of hydrogen-bond acceptors (Lipinski definition) is 8. The van der Waals surface area contributed by atoms with Gasteiger partial charge in [-0.3, -0.25) is 0 Å². The van der Waals surface area contributed by atoms with Crippen molar-refractivity contribution in [2.24, 2.45) is 12.9 Å². The second-order valence-corrected chi connectivity index (χ2v) is 3.91. The van der Waals surface area contributed by atoms with E-state index in [0.717, 1.165) is 5.82 Å². The topological polar surface area (TPSA) is 116 Å². The average Bonchev–Trinajstić information content (AvgIpc) is 2.84. The minimum Gasteiger partial charge on any atom is -0.490 e. The average molecular weight is 264 g/mol. The van der Waals surface area contributed by atoms with Crippen LogP contribution in [0.25, 0.3) is 0 Å². The maximum atomic E-state index is 5.37. The lowest BCUT2D eigenvalue weighted by atomic mass is 10.3. The summed E-state index contributed by atoms with van der Waals surface area (Å²) in [6.07, 6.45) is 3.03. The van der Waals surface area contributed by atoms with Gasteiger partial charge in [-0.15, -0.1) is 10.2 Å². The Morgan fingerprint density at radius 2 is 2.11 bits per heavy atom. The molecule has 2 aromatic heterocycles. The van der Waals surface area contributed by atoms with Crippen LogP contribution < -0.4 is 21.3 Å². The maximum Gasteiger partial charge on any atom is 0.205 e. The number of nitrogens with zero attached hydrogens (tertiary/aromatic N) is 5. The van der Waals surface area contributed by atoms with Crippen molar-refractivity contribution in [1.29, 1.82) is 0 Å². The second-order valence-electron chi connectivity index (χ2n) is 3.91. The zero-order valence-electron chi connectivity index (χ0n) is 11.0. The van der Waals surface area contributed by atoms with Gasteiger partial charge in [-0.2, -0.15) is 0 Å². The predicted octanol–water partition coefficient (Wildman–Crippen LogP) is 0.0724. The Labute approximate surface area is 110 Å². The molecule has 2 aromatic rings. The van der Waals surface area contributed by atoms with Crippen molar-refractivity contribution < 1.29 is 4.74 Å². The third kappa shape index (κ3) is 2.55. The maximum absolute atomic E-state index is 5.37. The molecule has 0 saturated heterocycles. The lowest BCUT2D eigenvalue weighted by Gasteiger charge is -2.16. The molecule has 1 unspecified atom stereocenters. The molecule has 0 aliphatic rings. The molecule has 0 saturated carbocycles. The summed E-state index contributed by atoms with van der Waals surface area (Å²) in [7, 11) is 3.40. The van der Waals surface area contributed by atoms with Crippen LogP contribution in [0.5, 0.6) is 5.75 Å². The van der Waals surface area contributed by atoms with E-state index in [2.05, 4.69) is 30.9 Å². The Balaban J connectivity index is 2.26. The first-order valence-electron chi connectivity index (χ1n) is 5.63. The number of anilines is 2. The first kappa shape index (κ1) is 13.0. The summed E-state index contributed by atoms with van der Waals surface area (Å²) in [6, 6.07) is -0.0954. The zero-order valence-corrected chi connectivity index (χ0v) is 11.0. The summed E-state index contributed by atoms with van der Waals surface area (Å²) < 4.78 is 7.07. The molecule has 4 N–H and O–H groups in total. The van der Waals surface area contributed by atoms with E-state index in [0.29, 0.717) is 17.4 Å². The molecule has 9 heteroatoms. The first-order valence-corrected chi connectivity index (χ1v) is 5.63. The molecule has 1 atom stereocenters. The van der Waals surface area contributed by atoms with Gasteiger partial charge >= 0.3 is 0 Å². The Kier molecular flexibility index (Phi) is 3.76. The normalized spacial score (nSPS) is 12.0. The number of hydrazine groups is 1. The van der Waals surface area contributed by atoms with Crippen molar-refractivity contribution in [3.8, 4) is 5.75 Å². The lowest BCUT2D eigenvalue weighted by molar-refractivity contribution is 0.414. The summed E-state index contributed by atoms with van der Waals surface area (Å²) in [5.74, 6) is 7.53. The fourth-order valence-electron chi connectivity index (χ4n) is 1.73. The van der Waals surface area contributed by atoms with Gasteiger partial charge in [-0.1, -0.05) is 0 Å². The number of methoxy groups -OCH3 is 1. The molecule has 102 valence electrons. The number of rotatable bonds is 5. The number of nitrogen functional groups attached to an aromatic ring is 1. The molecular weight excluding hydrogens is 248 g/mol. The summed E-state index contributed by atoms with van der Waals surface area (Å²) >= 11 is 0. The zero-order chi connectivity index (χ0) is 13.8. The van der Waals surface area contributed by atoms with Crippen molar-refractivity contribution in [3.63, 3.8) is 0 Å². The van der Waals surface area contributed by atoms with E-state index in [1.54, 1.807) is 6.33 Å². The second kappa shape index (κ2) is 5.48. The summed E-state index contributed by atoms with van der Waals surface area (Å²) in [5.41, 5.74) is 2.46. The van der Waals surface area contributed by atoms with Crippen LogP contribution in [0, 0.1) is 0 Å². The summed E-state index contributed by atoms with van der Waals surface area (Å²) in [5, 5.41) is 11.1.